The first-order valence-electron chi connectivity index (χ1n) is 8.37. The van der Waals surface area contributed by atoms with Crippen molar-refractivity contribution < 1.29 is 9.53 Å². The summed E-state index contributed by atoms with van der Waals surface area (Å²) in [6, 6.07) is 6.37. The predicted molar refractivity (Wildman–Crippen MR) is 91.4 cm³/mol. The third-order valence-electron chi connectivity index (χ3n) is 4.79. The predicted octanol–water partition coefficient (Wildman–Crippen LogP) is 1.90. The molecule has 4 N–H and O–H groups in total. The van der Waals surface area contributed by atoms with Crippen LogP contribution in [0.25, 0.3) is 10.9 Å². The van der Waals surface area contributed by atoms with E-state index in [0.29, 0.717) is 32.6 Å². The maximum atomic E-state index is 12.3. The summed E-state index contributed by atoms with van der Waals surface area (Å²) in [6.07, 6.45) is 5.03. The Morgan fingerprint density at radius 1 is 1.35 bits per heavy atom. The molecule has 3 rings (SSSR count). The number of aromatic amines is 1. The van der Waals surface area contributed by atoms with E-state index in [9.17, 15) is 4.79 Å². The molecule has 1 aliphatic rings. The van der Waals surface area contributed by atoms with E-state index in [-0.39, 0.29) is 5.91 Å². The van der Waals surface area contributed by atoms with Crippen LogP contribution in [-0.4, -0.2) is 36.2 Å². The van der Waals surface area contributed by atoms with Crippen molar-refractivity contribution in [3.05, 3.63) is 35.5 Å². The van der Waals surface area contributed by atoms with Crippen molar-refractivity contribution in [2.75, 3.05) is 19.8 Å². The molecule has 0 atom stereocenters. The molecule has 124 valence electrons. The number of nitrogens with one attached hydrogen (secondary N) is 2. The molecule has 1 aromatic heterocycles. The molecule has 1 aliphatic heterocycles. The average Bonchev–Trinajstić information content (AvgIpc) is 2.98. The molecule has 0 spiro atoms. The van der Waals surface area contributed by atoms with E-state index in [1.165, 1.54) is 22.0 Å². The van der Waals surface area contributed by atoms with Gasteiger partial charge in [0.1, 0.15) is 0 Å². The van der Waals surface area contributed by atoms with Crippen LogP contribution in [0.1, 0.15) is 30.9 Å². The second-order valence-corrected chi connectivity index (χ2v) is 6.28. The van der Waals surface area contributed by atoms with Crippen LogP contribution in [0.15, 0.2) is 24.4 Å². The van der Waals surface area contributed by atoms with E-state index in [4.69, 9.17) is 10.5 Å². The molecule has 0 aliphatic carbocycles. The van der Waals surface area contributed by atoms with Crippen molar-refractivity contribution in [2.45, 2.75) is 38.1 Å². The van der Waals surface area contributed by atoms with Crippen molar-refractivity contribution in [1.29, 1.82) is 0 Å². The maximum Gasteiger partial charge on any atom is 0.240 e. The molecule has 23 heavy (non-hydrogen) atoms. The SMILES string of the molecule is CCc1cccc2c(CCNC(=O)C3(N)CCOCC3)c[nH]c12. The van der Waals surface area contributed by atoms with Gasteiger partial charge in [0.2, 0.25) is 5.91 Å². The van der Waals surface area contributed by atoms with Gasteiger partial charge >= 0.3 is 0 Å². The number of carbonyl (C=O) groups excluding carboxylic acids is 1. The molecule has 0 bridgehead atoms. The van der Waals surface area contributed by atoms with Crippen LogP contribution < -0.4 is 11.1 Å². The molecule has 1 fully saturated rings. The lowest BCUT2D eigenvalue weighted by atomic mass is 9.90. The van der Waals surface area contributed by atoms with Crippen LogP contribution in [-0.2, 0) is 22.4 Å². The summed E-state index contributed by atoms with van der Waals surface area (Å²) in [6.45, 7) is 3.88. The van der Waals surface area contributed by atoms with Gasteiger partial charge in [0, 0.05) is 36.9 Å². The summed E-state index contributed by atoms with van der Waals surface area (Å²) in [5.74, 6) is -0.0603. The number of H-pyrrole nitrogens is 1. The van der Waals surface area contributed by atoms with Gasteiger partial charge in [-0.05, 0) is 36.8 Å². The molecule has 0 radical (unpaired) electrons. The highest BCUT2D eigenvalue weighted by Crippen LogP contribution is 2.22. The standard InChI is InChI=1S/C18H25N3O2/c1-2-13-4-3-5-15-14(12-21-16(13)15)6-9-20-17(22)18(19)7-10-23-11-8-18/h3-5,12,21H,2,6-11,19H2,1H3,(H,20,22). The van der Waals surface area contributed by atoms with E-state index in [1.807, 2.05) is 6.20 Å². The summed E-state index contributed by atoms with van der Waals surface area (Å²) in [4.78, 5) is 15.7. The second-order valence-electron chi connectivity index (χ2n) is 6.28. The highest BCUT2D eigenvalue weighted by atomic mass is 16.5. The maximum absolute atomic E-state index is 12.3. The van der Waals surface area contributed by atoms with Crippen molar-refractivity contribution in [3.63, 3.8) is 0 Å². The van der Waals surface area contributed by atoms with Gasteiger partial charge in [-0.25, -0.2) is 0 Å². The van der Waals surface area contributed by atoms with Crippen LogP contribution in [0.5, 0.6) is 0 Å². The molecule has 1 aromatic carbocycles. The van der Waals surface area contributed by atoms with Crippen LogP contribution in [0.3, 0.4) is 0 Å². The summed E-state index contributed by atoms with van der Waals surface area (Å²) >= 11 is 0. The number of fused-ring (bicyclic) bond motifs is 1. The van der Waals surface area contributed by atoms with Gasteiger partial charge in [-0.3, -0.25) is 4.79 Å². The van der Waals surface area contributed by atoms with Crippen molar-refractivity contribution in [3.8, 4) is 0 Å². The summed E-state index contributed by atoms with van der Waals surface area (Å²) in [7, 11) is 0. The van der Waals surface area contributed by atoms with Gasteiger partial charge in [-0.1, -0.05) is 25.1 Å². The number of nitrogens with two attached hydrogens (primary N) is 1. The molecule has 0 unspecified atom stereocenters. The molecule has 1 amide bonds. The second kappa shape index (κ2) is 6.72. The summed E-state index contributed by atoms with van der Waals surface area (Å²) in [5, 5.41) is 4.23. The lowest BCUT2D eigenvalue weighted by molar-refractivity contribution is -0.129. The Hall–Kier alpha value is -1.85. The first-order valence-corrected chi connectivity index (χ1v) is 8.37. The van der Waals surface area contributed by atoms with Crippen molar-refractivity contribution in [2.24, 2.45) is 5.73 Å². The fourth-order valence-corrected chi connectivity index (χ4v) is 3.23. The number of para-hydroxylation sites is 1. The number of hydrogen-bond donors (Lipinski definition) is 3. The summed E-state index contributed by atoms with van der Waals surface area (Å²) < 4.78 is 5.28. The lowest BCUT2D eigenvalue weighted by Crippen LogP contribution is -2.57. The van der Waals surface area contributed by atoms with Crippen LogP contribution in [0.4, 0.5) is 0 Å². The van der Waals surface area contributed by atoms with Gasteiger partial charge in [0.25, 0.3) is 0 Å². The molecule has 0 saturated carbocycles. The number of aromatic nitrogens is 1. The van der Waals surface area contributed by atoms with Gasteiger partial charge in [-0.15, -0.1) is 0 Å². The van der Waals surface area contributed by atoms with E-state index in [2.05, 4.69) is 35.4 Å². The third-order valence-corrected chi connectivity index (χ3v) is 4.79. The Morgan fingerprint density at radius 3 is 2.87 bits per heavy atom. The van der Waals surface area contributed by atoms with Gasteiger partial charge in [-0.2, -0.15) is 0 Å². The Labute approximate surface area is 136 Å². The normalized spacial score (nSPS) is 17.3. The molecular weight excluding hydrogens is 290 g/mol. The van der Waals surface area contributed by atoms with Crippen molar-refractivity contribution >= 4 is 16.8 Å². The number of hydrogen-bond acceptors (Lipinski definition) is 3. The largest absolute Gasteiger partial charge is 0.381 e. The first-order chi connectivity index (χ1) is 11.1. The van der Waals surface area contributed by atoms with Crippen LogP contribution in [0.2, 0.25) is 0 Å². The quantitative estimate of drug-likeness (QED) is 0.788. The van der Waals surface area contributed by atoms with Gasteiger partial charge < -0.3 is 20.8 Å². The molecule has 2 aromatic rings. The highest BCUT2D eigenvalue weighted by molar-refractivity contribution is 5.87. The minimum Gasteiger partial charge on any atom is -0.381 e. The fourth-order valence-electron chi connectivity index (χ4n) is 3.23. The van der Waals surface area contributed by atoms with E-state index >= 15 is 0 Å². The fraction of sp³-hybridized carbons (Fsp3) is 0.500. The number of aryl methyl sites for hydroxylation is 1. The van der Waals surface area contributed by atoms with E-state index in [0.717, 1.165) is 12.8 Å². The topological polar surface area (TPSA) is 80.1 Å². The molecule has 5 heteroatoms. The van der Waals surface area contributed by atoms with Gasteiger partial charge in [0.05, 0.1) is 5.54 Å². The number of benzene rings is 1. The Morgan fingerprint density at radius 2 is 2.13 bits per heavy atom. The first kappa shape index (κ1) is 16.0. The zero-order chi connectivity index (χ0) is 16.3. The monoisotopic (exact) mass is 315 g/mol. The number of carbonyl (C=O) groups is 1. The molecular formula is C18H25N3O2. The number of amides is 1. The molecule has 2 heterocycles. The minimum absolute atomic E-state index is 0.0603. The molecule has 5 nitrogen and oxygen atoms in total. The lowest BCUT2D eigenvalue weighted by Gasteiger charge is -2.31. The Kier molecular flexibility index (Phi) is 4.68. The zero-order valence-corrected chi connectivity index (χ0v) is 13.7. The zero-order valence-electron chi connectivity index (χ0n) is 13.7. The Balaban J connectivity index is 1.62. The average molecular weight is 315 g/mol. The third kappa shape index (κ3) is 3.26. The van der Waals surface area contributed by atoms with E-state index < -0.39 is 5.54 Å². The van der Waals surface area contributed by atoms with Crippen LogP contribution >= 0.6 is 0 Å². The smallest absolute Gasteiger partial charge is 0.240 e. The van der Waals surface area contributed by atoms with E-state index in [1.54, 1.807) is 0 Å². The molecule has 1 saturated heterocycles. The minimum atomic E-state index is -0.770. The van der Waals surface area contributed by atoms with Crippen LogP contribution in [0, 0.1) is 0 Å². The number of rotatable bonds is 5. The summed E-state index contributed by atoms with van der Waals surface area (Å²) in [5.41, 5.74) is 9.18. The van der Waals surface area contributed by atoms with Gasteiger partial charge in [0.15, 0.2) is 0 Å². The highest BCUT2D eigenvalue weighted by Gasteiger charge is 2.35. The van der Waals surface area contributed by atoms with Crippen molar-refractivity contribution in [1.82, 2.24) is 10.3 Å². The Bertz CT molecular complexity index is 687. The number of ether oxygens (including phenoxy) is 1.